The van der Waals surface area contributed by atoms with Crippen LogP contribution in [0.2, 0.25) is 0 Å². The molecule has 1 aromatic heterocycles. The van der Waals surface area contributed by atoms with Crippen molar-refractivity contribution in [1.82, 2.24) is 5.32 Å². The van der Waals surface area contributed by atoms with Gasteiger partial charge in [0, 0.05) is 18.0 Å². The summed E-state index contributed by atoms with van der Waals surface area (Å²) < 4.78 is 0. The maximum absolute atomic E-state index is 11.4. The maximum Gasteiger partial charge on any atom is 0.261 e. The van der Waals surface area contributed by atoms with Crippen molar-refractivity contribution < 1.29 is 9.90 Å². The second-order valence-corrected chi connectivity index (χ2v) is 4.23. The largest absolute Gasteiger partial charge is 0.507 e. The van der Waals surface area contributed by atoms with E-state index in [4.69, 9.17) is 5.11 Å². The van der Waals surface area contributed by atoms with Crippen LogP contribution in [0.1, 0.15) is 22.5 Å². The second-order valence-electron chi connectivity index (χ2n) is 3.32. The van der Waals surface area contributed by atoms with Crippen LogP contribution in [-0.2, 0) is 0 Å². The summed E-state index contributed by atoms with van der Waals surface area (Å²) >= 11 is 1.27. The first-order valence-electron chi connectivity index (χ1n) is 4.31. The van der Waals surface area contributed by atoms with E-state index in [-0.39, 0.29) is 11.7 Å². The van der Waals surface area contributed by atoms with Crippen LogP contribution in [0.15, 0.2) is 11.4 Å². The van der Waals surface area contributed by atoms with E-state index in [9.17, 15) is 4.79 Å². The van der Waals surface area contributed by atoms with Gasteiger partial charge in [-0.25, -0.2) is 0 Å². The molecule has 0 unspecified atom stereocenters. The van der Waals surface area contributed by atoms with E-state index in [1.54, 1.807) is 5.38 Å². The first-order chi connectivity index (χ1) is 6.25. The Hall–Kier alpha value is -1.03. The monoisotopic (exact) mass is 197 g/mol. The topological polar surface area (TPSA) is 49.3 Å². The molecule has 70 valence electrons. The van der Waals surface area contributed by atoms with Crippen LogP contribution in [0.4, 0.5) is 0 Å². The minimum absolute atomic E-state index is 0.0720. The predicted molar refractivity (Wildman–Crippen MR) is 51.0 cm³/mol. The Morgan fingerprint density at radius 2 is 2.46 bits per heavy atom. The number of amides is 1. The Bertz CT molecular complexity index is 317. The number of hydrogen-bond acceptors (Lipinski definition) is 3. The van der Waals surface area contributed by atoms with Crippen LogP contribution < -0.4 is 5.32 Å². The fraction of sp³-hybridized carbons (Fsp3) is 0.444. The molecule has 2 rings (SSSR count). The molecule has 0 aromatic carbocycles. The van der Waals surface area contributed by atoms with Crippen molar-refractivity contribution in [3.8, 4) is 5.75 Å². The lowest BCUT2D eigenvalue weighted by atomic mass is 10.4. The molecule has 0 bridgehead atoms. The van der Waals surface area contributed by atoms with Crippen LogP contribution in [0.3, 0.4) is 0 Å². The quantitative estimate of drug-likeness (QED) is 0.773. The number of nitrogens with one attached hydrogen (secondary N) is 1. The van der Waals surface area contributed by atoms with E-state index in [1.807, 2.05) is 0 Å². The van der Waals surface area contributed by atoms with Gasteiger partial charge in [-0.05, 0) is 18.8 Å². The van der Waals surface area contributed by atoms with Crippen molar-refractivity contribution >= 4 is 17.2 Å². The van der Waals surface area contributed by atoms with Gasteiger partial charge in [0.05, 0.1) is 4.88 Å². The summed E-state index contributed by atoms with van der Waals surface area (Å²) in [5.41, 5.74) is 0. The van der Waals surface area contributed by atoms with Gasteiger partial charge >= 0.3 is 0 Å². The van der Waals surface area contributed by atoms with E-state index in [0.717, 1.165) is 6.54 Å². The summed E-state index contributed by atoms with van der Waals surface area (Å²) in [6, 6.07) is 1.49. The second kappa shape index (κ2) is 3.38. The van der Waals surface area contributed by atoms with Crippen LogP contribution in [0.5, 0.6) is 5.75 Å². The minimum atomic E-state index is -0.0720. The molecule has 1 aromatic rings. The van der Waals surface area contributed by atoms with Gasteiger partial charge in [-0.15, -0.1) is 11.3 Å². The van der Waals surface area contributed by atoms with Crippen molar-refractivity contribution in [1.29, 1.82) is 0 Å². The maximum atomic E-state index is 11.4. The highest BCUT2D eigenvalue weighted by molar-refractivity contribution is 7.12. The number of hydrogen-bond donors (Lipinski definition) is 2. The molecule has 0 atom stereocenters. The van der Waals surface area contributed by atoms with Crippen molar-refractivity contribution in [2.24, 2.45) is 5.92 Å². The van der Waals surface area contributed by atoms with E-state index in [2.05, 4.69) is 5.32 Å². The standard InChI is InChI=1S/C9H11NO2S/c11-7-3-8(13-5-7)9(12)10-4-6-1-2-6/h3,5-6,11H,1-2,4H2,(H,10,12). The summed E-state index contributed by atoms with van der Waals surface area (Å²) in [5.74, 6) is 0.788. The summed E-state index contributed by atoms with van der Waals surface area (Å²) in [7, 11) is 0. The summed E-state index contributed by atoms with van der Waals surface area (Å²) in [4.78, 5) is 12.0. The van der Waals surface area contributed by atoms with Crippen LogP contribution in [0.25, 0.3) is 0 Å². The molecule has 2 N–H and O–H groups in total. The molecule has 1 fully saturated rings. The van der Waals surface area contributed by atoms with Gasteiger partial charge in [-0.2, -0.15) is 0 Å². The molecule has 0 aliphatic heterocycles. The molecular weight excluding hydrogens is 186 g/mol. The molecule has 1 saturated carbocycles. The Labute approximate surface area is 80.4 Å². The van der Waals surface area contributed by atoms with Crippen LogP contribution in [0, 0.1) is 5.92 Å². The zero-order valence-corrected chi connectivity index (χ0v) is 7.93. The molecule has 1 heterocycles. The predicted octanol–water partition coefficient (Wildman–Crippen LogP) is 1.59. The Balaban J connectivity index is 1.88. The zero-order valence-electron chi connectivity index (χ0n) is 7.12. The number of aromatic hydroxyl groups is 1. The summed E-state index contributed by atoms with van der Waals surface area (Å²) in [5, 5.41) is 13.4. The van der Waals surface area contributed by atoms with Crippen LogP contribution >= 0.6 is 11.3 Å². The lowest BCUT2D eigenvalue weighted by Crippen LogP contribution is -2.24. The molecule has 1 aliphatic carbocycles. The molecule has 3 nitrogen and oxygen atoms in total. The Morgan fingerprint density at radius 1 is 1.69 bits per heavy atom. The Morgan fingerprint density at radius 3 is 3.00 bits per heavy atom. The summed E-state index contributed by atoms with van der Waals surface area (Å²) in [6.45, 7) is 0.775. The van der Waals surface area contributed by atoms with Crippen molar-refractivity contribution in [3.05, 3.63) is 16.3 Å². The average Bonchev–Trinajstić information content (AvgIpc) is 2.84. The van der Waals surface area contributed by atoms with Crippen molar-refractivity contribution in [3.63, 3.8) is 0 Å². The fourth-order valence-electron chi connectivity index (χ4n) is 1.09. The van der Waals surface area contributed by atoms with E-state index in [0.29, 0.717) is 10.8 Å². The third kappa shape index (κ3) is 2.21. The first-order valence-corrected chi connectivity index (χ1v) is 5.19. The normalized spacial score (nSPS) is 15.7. The SMILES string of the molecule is O=C(NCC1CC1)c1cc(O)cs1. The van der Waals surface area contributed by atoms with Gasteiger partial charge in [0.15, 0.2) is 0 Å². The van der Waals surface area contributed by atoms with Gasteiger partial charge < -0.3 is 10.4 Å². The molecule has 4 heteroatoms. The molecule has 1 amide bonds. The first kappa shape index (κ1) is 8.56. The van der Waals surface area contributed by atoms with E-state index < -0.39 is 0 Å². The number of thiophene rings is 1. The summed E-state index contributed by atoms with van der Waals surface area (Å²) in [6.07, 6.45) is 2.46. The van der Waals surface area contributed by atoms with Crippen molar-refractivity contribution in [2.45, 2.75) is 12.8 Å². The minimum Gasteiger partial charge on any atom is -0.507 e. The third-order valence-electron chi connectivity index (χ3n) is 2.06. The van der Waals surface area contributed by atoms with Gasteiger partial charge in [0.2, 0.25) is 0 Å². The number of carbonyl (C=O) groups is 1. The lowest BCUT2D eigenvalue weighted by molar-refractivity contribution is 0.0955. The number of carbonyl (C=O) groups excluding carboxylic acids is 1. The van der Waals surface area contributed by atoms with Gasteiger partial charge in [0.25, 0.3) is 5.91 Å². The molecule has 0 saturated heterocycles. The molecule has 13 heavy (non-hydrogen) atoms. The number of rotatable bonds is 3. The van der Waals surface area contributed by atoms with Crippen LogP contribution in [-0.4, -0.2) is 17.6 Å². The molecule has 1 aliphatic rings. The van der Waals surface area contributed by atoms with E-state index >= 15 is 0 Å². The highest BCUT2D eigenvalue weighted by Crippen LogP contribution is 2.28. The molecule has 0 spiro atoms. The third-order valence-corrected chi connectivity index (χ3v) is 2.97. The fourth-order valence-corrected chi connectivity index (χ4v) is 1.78. The average molecular weight is 197 g/mol. The highest BCUT2D eigenvalue weighted by atomic mass is 32.1. The smallest absolute Gasteiger partial charge is 0.261 e. The zero-order chi connectivity index (χ0) is 9.26. The Kier molecular flexibility index (Phi) is 2.22. The molecule has 0 radical (unpaired) electrons. The highest BCUT2D eigenvalue weighted by Gasteiger charge is 2.22. The van der Waals surface area contributed by atoms with E-state index in [1.165, 1.54) is 30.2 Å². The molecular formula is C9H11NO2S. The lowest BCUT2D eigenvalue weighted by Gasteiger charge is -1.99. The van der Waals surface area contributed by atoms with Gasteiger partial charge in [0.1, 0.15) is 5.75 Å². The van der Waals surface area contributed by atoms with Crippen molar-refractivity contribution in [2.75, 3.05) is 6.54 Å². The van der Waals surface area contributed by atoms with Gasteiger partial charge in [-0.1, -0.05) is 0 Å². The van der Waals surface area contributed by atoms with Gasteiger partial charge in [-0.3, -0.25) is 4.79 Å².